The van der Waals surface area contributed by atoms with Crippen molar-refractivity contribution in [2.24, 2.45) is 11.3 Å². The average molecular weight is 311 g/mol. The summed E-state index contributed by atoms with van der Waals surface area (Å²) in [6.07, 6.45) is 0.360. The van der Waals surface area contributed by atoms with Gasteiger partial charge in [-0.25, -0.2) is 4.79 Å². The SMILES string of the molecule is COc1cccc(OC)c1C(=O)[P+](=O)CC(C)C(C)(C)C. The predicted octanol–water partition coefficient (Wildman–Crippen LogP) is 4.35. The maximum atomic E-state index is 12.5. The van der Waals surface area contributed by atoms with Crippen LogP contribution in [-0.4, -0.2) is 25.9 Å². The molecule has 0 aromatic heterocycles. The maximum Gasteiger partial charge on any atom is 0.420 e. The zero-order chi connectivity index (χ0) is 16.2. The highest BCUT2D eigenvalue weighted by Gasteiger charge is 2.38. The minimum atomic E-state index is -2.01. The van der Waals surface area contributed by atoms with Gasteiger partial charge >= 0.3 is 13.3 Å². The van der Waals surface area contributed by atoms with Crippen LogP contribution in [0.4, 0.5) is 0 Å². The number of methoxy groups -OCH3 is 2. The number of rotatable bonds is 6. The van der Waals surface area contributed by atoms with Crippen LogP contribution in [0.1, 0.15) is 38.1 Å². The normalized spacial score (nSPS) is 13.5. The van der Waals surface area contributed by atoms with Crippen LogP contribution in [0.25, 0.3) is 0 Å². The molecule has 0 heterocycles. The third-order valence-corrected chi connectivity index (χ3v) is 5.34. The van der Waals surface area contributed by atoms with Crippen molar-refractivity contribution in [3.05, 3.63) is 23.8 Å². The van der Waals surface area contributed by atoms with Crippen LogP contribution in [0.3, 0.4) is 0 Å². The Morgan fingerprint density at radius 3 is 2.05 bits per heavy atom. The lowest BCUT2D eigenvalue weighted by molar-refractivity contribution is 0.107. The Balaban J connectivity index is 3.06. The Kier molecular flexibility index (Phi) is 5.91. The summed E-state index contributed by atoms with van der Waals surface area (Å²) < 4.78 is 22.8. The Labute approximate surface area is 127 Å². The van der Waals surface area contributed by atoms with Crippen molar-refractivity contribution in [1.29, 1.82) is 0 Å². The van der Waals surface area contributed by atoms with Crippen molar-refractivity contribution >= 4 is 13.3 Å². The molecule has 4 nitrogen and oxygen atoms in total. The first-order chi connectivity index (χ1) is 9.72. The standard InChI is InChI=1S/C16H24O4P/c1-11(16(2,3)4)10-21(18)15(17)14-12(19-5)8-7-9-13(14)20-6/h7-9,11H,10H2,1-6H3/q+1. The van der Waals surface area contributed by atoms with E-state index < -0.39 is 13.3 Å². The quantitative estimate of drug-likeness (QED) is 0.733. The Hall–Kier alpha value is -1.41. The molecule has 116 valence electrons. The van der Waals surface area contributed by atoms with Gasteiger partial charge in [-0.1, -0.05) is 38.3 Å². The van der Waals surface area contributed by atoms with E-state index >= 15 is 0 Å². The van der Waals surface area contributed by atoms with E-state index in [4.69, 9.17) is 9.47 Å². The number of ether oxygens (including phenoxy) is 2. The van der Waals surface area contributed by atoms with Crippen LogP contribution < -0.4 is 9.47 Å². The summed E-state index contributed by atoms with van der Waals surface area (Å²) in [6.45, 7) is 8.25. The summed E-state index contributed by atoms with van der Waals surface area (Å²) in [7, 11) is 0.951. The molecule has 0 spiro atoms. The second kappa shape index (κ2) is 7.04. The lowest BCUT2D eigenvalue weighted by Gasteiger charge is -2.23. The highest BCUT2D eigenvalue weighted by Crippen LogP contribution is 2.41. The van der Waals surface area contributed by atoms with Gasteiger partial charge in [-0.05, 0) is 17.5 Å². The fourth-order valence-corrected chi connectivity index (χ4v) is 3.47. The lowest BCUT2D eigenvalue weighted by atomic mass is 9.83. The first-order valence-corrected chi connectivity index (χ1v) is 8.36. The van der Waals surface area contributed by atoms with Gasteiger partial charge in [0, 0.05) is 5.92 Å². The smallest absolute Gasteiger partial charge is 0.420 e. The third kappa shape index (κ3) is 4.28. The van der Waals surface area contributed by atoms with Crippen LogP contribution >= 0.6 is 7.80 Å². The molecule has 0 bridgehead atoms. The maximum absolute atomic E-state index is 12.5. The van der Waals surface area contributed by atoms with Crippen LogP contribution in [0.15, 0.2) is 18.2 Å². The third-order valence-electron chi connectivity index (χ3n) is 3.79. The Morgan fingerprint density at radius 2 is 1.67 bits per heavy atom. The summed E-state index contributed by atoms with van der Waals surface area (Å²) >= 11 is 0. The molecule has 1 rings (SSSR count). The molecule has 0 saturated heterocycles. The van der Waals surface area contributed by atoms with Crippen LogP contribution in [0.5, 0.6) is 11.5 Å². The second-order valence-electron chi connectivity index (χ2n) is 6.17. The molecule has 0 fully saturated rings. The molecular formula is C16H24O4P+. The highest BCUT2D eigenvalue weighted by molar-refractivity contribution is 7.64. The van der Waals surface area contributed by atoms with Gasteiger partial charge in [0.15, 0.2) is 11.7 Å². The number of carbonyl (C=O) groups excluding carboxylic acids is 1. The molecule has 1 aromatic carbocycles. The minimum absolute atomic E-state index is 0.0101. The van der Waals surface area contributed by atoms with Gasteiger partial charge in [0.05, 0.1) is 14.2 Å². The molecular weight excluding hydrogens is 287 g/mol. The first-order valence-electron chi connectivity index (χ1n) is 6.92. The average Bonchev–Trinajstić information content (AvgIpc) is 2.44. The number of hydrogen-bond donors (Lipinski definition) is 0. The van der Waals surface area contributed by atoms with Gasteiger partial charge in [-0.2, -0.15) is 0 Å². The molecule has 0 N–H and O–H groups in total. The van der Waals surface area contributed by atoms with Crippen LogP contribution in [0.2, 0.25) is 0 Å². The molecule has 5 heteroatoms. The van der Waals surface area contributed by atoms with Gasteiger partial charge in [0.25, 0.3) is 0 Å². The van der Waals surface area contributed by atoms with Crippen molar-refractivity contribution in [1.82, 2.24) is 0 Å². The van der Waals surface area contributed by atoms with E-state index in [-0.39, 0.29) is 16.9 Å². The van der Waals surface area contributed by atoms with E-state index in [1.54, 1.807) is 18.2 Å². The molecule has 1 aromatic rings. The Bertz CT molecular complexity index is 509. The highest BCUT2D eigenvalue weighted by atomic mass is 31.1. The van der Waals surface area contributed by atoms with Crippen molar-refractivity contribution in [3.8, 4) is 11.5 Å². The number of hydrogen-bond acceptors (Lipinski definition) is 4. The van der Waals surface area contributed by atoms with E-state index in [9.17, 15) is 9.36 Å². The van der Waals surface area contributed by atoms with Gasteiger partial charge in [0.2, 0.25) is 0 Å². The first kappa shape index (κ1) is 17.6. The van der Waals surface area contributed by atoms with Crippen LogP contribution in [-0.2, 0) is 4.57 Å². The summed E-state index contributed by atoms with van der Waals surface area (Å²) in [6, 6.07) is 5.08. The zero-order valence-electron chi connectivity index (χ0n) is 13.6. The summed E-state index contributed by atoms with van der Waals surface area (Å²) in [5.74, 6) is 0.961. The molecule has 0 amide bonds. The van der Waals surface area contributed by atoms with E-state index in [0.717, 1.165) is 0 Å². The van der Waals surface area contributed by atoms with Crippen molar-refractivity contribution in [2.75, 3.05) is 20.4 Å². The van der Waals surface area contributed by atoms with Gasteiger partial charge in [0.1, 0.15) is 11.5 Å². The van der Waals surface area contributed by atoms with Gasteiger partial charge < -0.3 is 9.47 Å². The van der Waals surface area contributed by atoms with E-state index in [2.05, 4.69) is 20.8 Å². The van der Waals surface area contributed by atoms with E-state index in [1.165, 1.54) is 14.2 Å². The fourth-order valence-electron chi connectivity index (χ4n) is 1.79. The zero-order valence-corrected chi connectivity index (χ0v) is 14.5. The van der Waals surface area contributed by atoms with Gasteiger partial charge in [-0.3, -0.25) is 0 Å². The molecule has 0 aliphatic carbocycles. The molecule has 0 aliphatic rings. The monoisotopic (exact) mass is 311 g/mol. The Morgan fingerprint density at radius 1 is 1.19 bits per heavy atom. The summed E-state index contributed by atoms with van der Waals surface area (Å²) in [4.78, 5) is 12.5. The molecule has 2 atom stereocenters. The van der Waals surface area contributed by atoms with Crippen molar-refractivity contribution < 1.29 is 18.8 Å². The summed E-state index contributed by atoms with van der Waals surface area (Å²) in [5.41, 5.74) is -0.129. The topological polar surface area (TPSA) is 52.6 Å². The molecule has 0 aliphatic heterocycles. The second-order valence-corrected chi connectivity index (χ2v) is 7.70. The van der Waals surface area contributed by atoms with E-state index in [0.29, 0.717) is 17.7 Å². The predicted molar refractivity (Wildman–Crippen MR) is 85.0 cm³/mol. The number of carbonyl (C=O) groups is 1. The lowest BCUT2D eigenvalue weighted by Crippen LogP contribution is -2.20. The van der Waals surface area contributed by atoms with Crippen LogP contribution in [0, 0.1) is 11.3 Å². The molecule has 0 radical (unpaired) electrons. The van der Waals surface area contributed by atoms with Crippen molar-refractivity contribution in [3.63, 3.8) is 0 Å². The number of benzene rings is 1. The summed E-state index contributed by atoms with van der Waals surface area (Å²) in [5, 5.41) is 0. The minimum Gasteiger partial charge on any atom is -0.496 e. The van der Waals surface area contributed by atoms with E-state index in [1.807, 2.05) is 6.92 Å². The molecule has 0 saturated carbocycles. The molecule has 21 heavy (non-hydrogen) atoms. The molecule has 2 unspecified atom stereocenters. The van der Waals surface area contributed by atoms with Crippen molar-refractivity contribution in [2.45, 2.75) is 27.7 Å². The fraction of sp³-hybridized carbons (Fsp3) is 0.562. The van der Waals surface area contributed by atoms with Gasteiger partial charge in [-0.15, -0.1) is 0 Å². The largest absolute Gasteiger partial charge is 0.496 e.